The van der Waals surface area contributed by atoms with Crippen LogP contribution in [0.2, 0.25) is 0 Å². The summed E-state index contributed by atoms with van der Waals surface area (Å²) in [6, 6.07) is 11.6. The number of nitrogens with zero attached hydrogens (tertiary/aromatic N) is 2. The number of carbonyl (C=O) groups excluding carboxylic acids is 1. The average molecular weight is 529 g/mol. The van der Waals surface area contributed by atoms with E-state index >= 15 is 0 Å². The molecule has 29 heavy (non-hydrogen) atoms. The second kappa shape index (κ2) is 8.99. The molecule has 0 radical (unpaired) electrons. The van der Waals surface area contributed by atoms with E-state index in [2.05, 4.69) is 32.8 Å². The van der Waals surface area contributed by atoms with E-state index in [4.69, 9.17) is 4.74 Å². The summed E-state index contributed by atoms with van der Waals surface area (Å²) in [6.07, 6.45) is 0. The summed E-state index contributed by atoms with van der Waals surface area (Å²) >= 11 is 2.11. The molecule has 1 amide bonds. The van der Waals surface area contributed by atoms with Crippen molar-refractivity contribution in [3.8, 4) is 5.75 Å². The van der Waals surface area contributed by atoms with E-state index in [9.17, 15) is 13.2 Å². The van der Waals surface area contributed by atoms with Crippen LogP contribution in [0.5, 0.6) is 5.75 Å². The predicted molar refractivity (Wildman–Crippen MR) is 121 cm³/mol. The van der Waals surface area contributed by atoms with Gasteiger partial charge >= 0.3 is 0 Å². The lowest BCUT2D eigenvalue weighted by atomic mass is 10.2. The van der Waals surface area contributed by atoms with Crippen molar-refractivity contribution in [3.63, 3.8) is 0 Å². The molecule has 1 unspecified atom stereocenters. The van der Waals surface area contributed by atoms with E-state index < -0.39 is 10.0 Å². The Morgan fingerprint density at radius 1 is 1.17 bits per heavy atom. The SMILES string of the molecule is COc1ccc(C(=O)Nc2ccc(S(=O)(=O)N3CCN(C)C(C)C3)cc2)cc1I. The van der Waals surface area contributed by atoms with E-state index in [0.717, 1.165) is 3.57 Å². The smallest absolute Gasteiger partial charge is 0.255 e. The number of benzene rings is 2. The summed E-state index contributed by atoms with van der Waals surface area (Å²) in [4.78, 5) is 14.8. The van der Waals surface area contributed by atoms with E-state index in [1.165, 1.54) is 16.4 Å². The number of likely N-dealkylation sites (N-methyl/N-ethyl adjacent to an activating group) is 1. The normalized spacial score (nSPS) is 18.4. The van der Waals surface area contributed by atoms with Crippen molar-refractivity contribution >= 4 is 44.2 Å². The Bertz CT molecular complexity index is 995. The van der Waals surface area contributed by atoms with Crippen molar-refractivity contribution in [2.45, 2.75) is 17.9 Å². The Balaban J connectivity index is 1.71. The number of rotatable bonds is 5. The zero-order chi connectivity index (χ0) is 21.2. The first kappa shape index (κ1) is 22.0. The summed E-state index contributed by atoms with van der Waals surface area (Å²) in [5.41, 5.74) is 1.03. The first-order valence-corrected chi connectivity index (χ1v) is 11.7. The van der Waals surface area contributed by atoms with Crippen LogP contribution >= 0.6 is 22.6 Å². The van der Waals surface area contributed by atoms with Gasteiger partial charge in [0.05, 0.1) is 15.6 Å². The Labute approximate surface area is 185 Å². The van der Waals surface area contributed by atoms with Gasteiger partial charge in [-0.25, -0.2) is 8.42 Å². The molecule has 1 N–H and O–H groups in total. The molecule has 0 saturated carbocycles. The van der Waals surface area contributed by atoms with Gasteiger partial charge in [-0.2, -0.15) is 4.31 Å². The van der Waals surface area contributed by atoms with Crippen LogP contribution in [0.25, 0.3) is 0 Å². The van der Waals surface area contributed by atoms with Crippen molar-refractivity contribution in [3.05, 3.63) is 51.6 Å². The molecule has 3 rings (SSSR count). The van der Waals surface area contributed by atoms with Gasteiger partial charge in [0.25, 0.3) is 5.91 Å². The van der Waals surface area contributed by atoms with E-state index in [0.29, 0.717) is 36.6 Å². The highest BCUT2D eigenvalue weighted by atomic mass is 127. The quantitative estimate of drug-likeness (QED) is 0.603. The van der Waals surface area contributed by atoms with Gasteiger partial charge in [-0.3, -0.25) is 4.79 Å². The fraction of sp³-hybridized carbons (Fsp3) is 0.350. The van der Waals surface area contributed by atoms with Crippen molar-refractivity contribution in [2.75, 3.05) is 39.1 Å². The van der Waals surface area contributed by atoms with E-state index in [1.807, 2.05) is 14.0 Å². The Morgan fingerprint density at radius 2 is 1.86 bits per heavy atom. The molecule has 2 aromatic rings. The van der Waals surface area contributed by atoms with Crippen molar-refractivity contribution in [1.82, 2.24) is 9.21 Å². The molecule has 0 aliphatic carbocycles. The zero-order valence-electron chi connectivity index (χ0n) is 16.6. The van der Waals surface area contributed by atoms with Crippen LogP contribution in [0, 0.1) is 3.57 Å². The minimum absolute atomic E-state index is 0.171. The maximum atomic E-state index is 12.9. The topological polar surface area (TPSA) is 78.9 Å². The second-order valence-corrected chi connectivity index (χ2v) is 10.1. The van der Waals surface area contributed by atoms with Gasteiger partial charge in [-0.05, 0) is 79.0 Å². The summed E-state index contributed by atoms with van der Waals surface area (Å²) in [6.45, 7) is 3.65. The molecule has 156 valence electrons. The van der Waals surface area contributed by atoms with Gasteiger partial charge < -0.3 is 15.0 Å². The molecule has 2 aromatic carbocycles. The van der Waals surface area contributed by atoms with Gasteiger partial charge in [-0.15, -0.1) is 0 Å². The highest BCUT2D eigenvalue weighted by Crippen LogP contribution is 2.24. The molecule has 1 saturated heterocycles. The molecule has 1 aliphatic rings. The van der Waals surface area contributed by atoms with E-state index in [-0.39, 0.29) is 16.8 Å². The number of amides is 1. The minimum atomic E-state index is -3.55. The number of ether oxygens (including phenoxy) is 1. The molecule has 1 atom stereocenters. The van der Waals surface area contributed by atoms with Crippen LogP contribution in [0.3, 0.4) is 0 Å². The van der Waals surface area contributed by atoms with Crippen molar-refractivity contribution in [1.29, 1.82) is 0 Å². The van der Waals surface area contributed by atoms with Gasteiger partial charge in [0.15, 0.2) is 0 Å². The molecule has 0 aromatic heterocycles. The lowest BCUT2D eigenvalue weighted by molar-refractivity contribution is 0.102. The zero-order valence-corrected chi connectivity index (χ0v) is 19.5. The molecule has 7 nitrogen and oxygen atoms in total. The Kier molecular flexibility index (Phi) is 6.82. The first-order valence-electron chi connectivity index (χ1n) is 9.17. The standard InChI is InChI=1S/C20H24IN3O4S/c1-14-13-24(11-10-23(14)2)29(26,27)17-7-5-16(6-8-17)22-20(25)15-4-9-19(28-3)18(21)12-15/h4-9,12,14H,10-11,13H2,1-3H3,(H,22,25). The third-order valence-corrected chi connectivity index (χ3v) is 7.81. The molecule has 0 bridgehead atoms. The first-order chi connectivity index (χ1) is 13.7. The van der Waals surface area contributed by atoms with Crippen LogP contribution < -0.4 is 10.1 Å². The predicted octanol–water partition coefficient (Wildman–Crippen LogP) is 2.88. The number of anilines is 1. The third kappa shape index (κ3) is 4.90. The second-order valence-electron chi connectivity index (χ2n) is 7.02. The summed E-state index contributed by atoms with van der Waals surface area (Å²) < 4.78 is 33.4. The highest BCUT2D eigenvalue weighted by Gasteiger charge is 2.30. The number of carbonyl (C=O) groups is 1. The minimum Gasteiger partial charge on any atom is -0.496 e. The molecule has 9 heteroatoms. The monoisotopic (exact) mass is 529 g/mol. The molecular weight excluding hydrogens is 505 g/mol. The molecule has 1 heterocycles. The third-order valence-electron chi connectivity index (χ3n) is 5.09. The number of sulfonamides is 1. The number of hydrogen-bond donors (Lipinski definition) is 1. The van der Waals surface area contributed by atoms with Crippen molar-refractivity contribution < 1.29 is 17.9 Å². The summed E-state index contributed by atoms with van der Waals surface area (Å²) in [5.74, 6) is 0.434. The summed E-state index contributed by atoms with van der Waals surface area (Å²) in [5, 5.41) is 2.80. The number of methoxy groups -OCH3 is 1. The molecule has 0 spiro atoms. The molecular formula is C20H24IN3O4S. The van der Waals surface area contributed by atoms with Crippen LogP contribution in [0.1, 0.15) is 17.3 Å². The van der Waals surface area contributed by atoms with Gasteiger partial charge in [0.2, 0.25) is 10.0 Å². The molecule has 1 fully saturated rings. The average Bonchev–Trinajstić information content (AvgIpc) is 2.70. The number of nitrogens with one attached hydrogen (secondary N) is 1. The summed E-state index contributed by atoms with van der Waals surface area (Å²) in [7, 11) is 0.0250. The van der Waals surface area contributed by atoms with Crippen LogP contribution in [-0.2, 0) is 10.0 Å². The Morgan fingerprint density at radius 3 is 2.45 bits per heavy atom. The largest absolute Gasteiger partial charge is 0.496 e. The van der Waals surface area contributed by atoms with Crippen LogP contribution in [-0.4, -0.2) is 63.4 Å². The van der Waals surface area contributed by atoms with Gasteiger partial charge in [0, 0.05) is 36.9 Å². The van der Waals surface area contributed by atoms with Gasteiger partial charge in [-0.1, -0.05) is 0 Å². The van der Waals surface area contributed by atoms with Crippen LogP contribution in [0.15, 0.2) is 47.4 Å². The molecule has 1 aliphatic heterocycles. The van der Waals surface area contributed by atoms with E-state index in [1.54, 1.807) is 37.4 Å². The fourth-order valence-corrected chi connectivity index (χ4v) is 5.35. The number of piperazine rings is 1. The van der Waals surface area contributed by atoms with Crippen LogP contribution in [0.4, 0.5) is 5.69 Å². The van der Waals surface area contributed by atoms with Crippen molar-refractivity contribution in [2.24, 2.45) is 0 Å². The lowest BCUT2D eigenvalue weighted by Gasteiger charge is -2.36. The highest BCUT2D eigenvalue weighted by molar-refractivity contribution is 14.1. The Hall–Kier alpha value is -1.69. The number of halogens is 1. The lowest BCUT2D eigenvalue weighted by Crippen LogP contribution is -2.51. The van der Waals surface area contributed by atoms with Gasteiger partial charge in [0.1, 0.15) is 5.75 Å². The fourth-order valence-electron chi connectivity index (χ4n) is 3.10. The maximum Gasteiger partial charge on any atom is 0.255 e. The maximum absolute atomic E-state index is 12.9. The number of hydrogen-bond acceptors (Lipinski definition) is 5.